The number of fused-ring (bicyclic) bond motifs is 1. The zero-order valence-electron chi connectivity index (χ0n) is 29.0. The van der Waals surface area contributed by atoms with E-state index in [1.807, 2.05) is 12.1 Å². The minimum absolute atomic E-state index is 0.159. The quantitative estimate of drug-likeness (QED) is 0.216. The lowest BCUT2D eigenvalue weighted by Crippen LogP contribution is -2.38. The fourth-order valence-corrected chi connectivity index (χ4v) is 8.26. The molecule has 0 amide bonds. The second-order valence-electron chi connectivity index (χ2n) is 15.0. The lowest BCUT2D eigenvalue weighted by Gasteiger charge is -2.40. The summed E-state index contributed by atoms with van der Waals surface area (Å²) in [7, 11) is 2.16. The van der Waals surface area contributed by atoms with Crippen LogP contribution in [0, 0.1) is 18.3 Å². The molecule has 0 radical (unpaired) electrons. The number of carboxylic acids is 1. The third-order valence-corrected chi connectivity index (χ3v) is 11.4. The van der Waals surface area contributed by atoms with E-state index in [1.54, 1.807) is 0 Å². The lowest BCUT2D eigenvalue weighted by molar-refractivity contribution is -0.136. The van der Waals surface area contributed by atoms with Crippen molar-refractivity contribution in [1.29, 1.82) is 0 Å². The van der Waals surface area contributed by atoms with Crippen molar-refractivity contribution in [2.24, 2.45) is 11.3 Å². The average Bonchev–Trinajstić information content (AvgIpc) is 3.04. The molecular formula is C39H50Cl2N4O3. The van der Waals surface area contributed by atoms with E-state index < -0.39 is 5.97 Å². The van der Waals surface area contributed by atoms with E-state index in [-0.39, 0.29) is 11.8 Å². The van der Waals surface area contributed by atoms with E-state index in [9.17, 15) is 9.90 Å². The Labute approximate surface area is 296 Å². The van der Waals surface area contributed by atoms with Gasteiger partial charge >= 0.3 is 5.97 Å². The number of anilines is 1. The van der Waals surface area contributed by atoms with Crippen LogP contribution in [0.2, 0.25) is 10.2 Å². The molecule has 0 bridgehead atoms. The smallest absolute Gasteiger partial charge is 0.308 e. The normalized spacial score (nSPS) is 18.7. The molecule has 3 aliphatic heterocycles. The van der Waals surface area contributed by atoms with E-state index in [2.05, 4.69) is 66.8 Å². The highest BCUT2D eigenvalue weighted by atomic mass is 35.5. The van der Waals surface area contributed by atoms with Gasteiger partial charge in [-0.25, -0.2) is 4.98 Å². The van der Waals surface area contributed by atoms with Gasteiger partial charge in [0.1, 0.15) is 5.15 Å². The van der Waals surface area contributed by atoms with E-state index in [4.69, 9.17) is 32.9 Å². The number of ether oxygens (including phenoxy) is 1. The van der Waals surface area contributed by atoms with Crippen LogP contribution in [-0.4, -0.2) is 72.3 Å². The molecule has 0 saturated carbocycles. The molecule has 48 heavy (non-hydrogen) atoms. The number of pyridine rings is 1. The van der Waals surface area contributed by atoms with E-state index in [0.717, 1.165) is 112 Å². The molecule has 258 valence electrons. The maximum atomic E-state index is 12.2. The molecule has 2 aromatic carbocycles. The van der Waals surface area contributed by atoms with Gasteiger partial charge in [0.25, 0.3) is 0 Å². The lowest BCUT2D eigenvalue weighted by atomic mass is 9.82. The van der Waals surface area contributed by atoms with E-state index in [0.29, 0.717) is 23.2 Å². The fourth-order valence-electron chi connectivity index (χ4n) is 7.72. The number of aromatic nitrogens is 1. The Morgan fingerprint density at radius 3 is 2.52 bits per heavy atom. The summed E-state index contributed by atoms with van der Waals surface area (Å²) in [5.41, 5.74) is 9.93. The van der Waals surface area contributed by atoms with Gasteiger partial charge in [0.05, 0.1) is 17.8 Å². The highest BCUT2D eigenvalue weighted by molar-refractivity contribution is 6.31. The van der Waals surface area contributed by atoms with Gasteiger partial charge in [-0.3, -0.25) is 9.69 Å². The number of aryl methyl sites for hydroxylation is 1. The van der Waals surface area contributed by atoms with Gasteiger partial charge in [-0.1, -0.05) is 67.4 Å². The molecule has 0 spiro atoms. The zero-order chi connectivity index (χ0) is 34.0. The Kier molecular flexibility index (Phi) is 11.0. The molecule has 2 fully saturated rings. The third-order valence-electron chi connectivity index (χ3n) is 10.7. The van der Waals surface area contributed by atoms with Gasteiger partial charge in [0.2, 0.25) is 0 Å². The van der Waals surface area contributed by atoms with Crippen LogP contribution in [0.3, 0.4) is 0 Å². The summed E-state index contributed by atoms with van der Waals surface area (Å²) >= 11 is 13.6. The monoisotopic (exact) mass is 692 g/mol. The zero-order valence-corrected chi connectivity index (χ0v) is 30.5. The summed E-state index contributed by atoms with van der Waals surface area (Å²) in [5.74, 6) is -0.314. The van der Waals surface area contributed by atoms with Crippen LogP contribution >= 0.6 is 23.2 Å². The van der Waals surface area contributed by atoms with Crippen LogP contribution in [-0.2, 0) is 42.0 Å². The number of carboxylic acid groups (broad SMARTS) is 1. The van der Waals surface area contributed by atoms with Crippen molar-refractivity contribution in [1.82, 2.24) is 14.8 Å². The molecule has 1 N–H and O–H groups in total. The molecule has 7 nitrogen and oxygen atoms in total. The number of carbonyl (C=O) groups is 1. The number of aliphatic carboxylic acids is 1. The van der Waals surface area contributed by atoms with Gasteiger partial charge in [-0.2, -0.15) is 0 Å². The summed E-state index contributed by atoms with van der Waals surface area (Å²) in [5, 5.41) is 11.2. The second kappa shape index (κ2) is 15.1. The fraction of sp³-hybridized carbons (Fsp3) is 0.538. The molecular weight excluding hydrogens is 643 g/mol. The average molecular weight is 694 g/mol. The largest absolute Gasteiger partial charge is 0.481 e. The number of halogens is 2. The van der Waals surface area contributed by atoms with Crippen LogP contribution in [0.1, 0.15) is 73.0 Å². The first-order valence-electron chi connectivity index (χ1n) is 17.5. The maximum Gasteiger partial charge on any atom is 0.308 e. The molecule has 6 rings (SSSR count). The summed E-state index contributed by atoms with van der Waals surface area (Å²) in [6.45, 7) is 14.3. The standard InChI is InChI=1S/C39H50Cl2N4O3/c1-26-6-5-7-33(40)32(26)24-44-15-10-28-20-29(8-9-30(28)23-44)36-34(25-43(4)22-27-11-18-48-19-12-27)42-38(41)31(21-35(46)47)37(36)45-16-13-39(2,3)14-17-45/h5-9,20,27H,10-19,21-25H2,1-4H3,(H,46,47). The van der Waals surface area contributed by atoms with Crippen LogP contribution in [0.25, 0.3) is 11.1 Å². The molecule has 3 aliphatic rings. The van der Waals surface area contributed by atoms with Crippen molar-refractivity contribution in [3.8, 4) is 11.1 Å². The Balaban J connectivity index is 1.38. The van der Waals surface area contributed by atoms with Gasteiger partial charge in [0.15, 0.2) is 0 Å². The Bertz CT molecular complexity index is 1610. The molecule has 0 aliphatic carbocycles. The molecule has 0 atom stereocenters. The van der Waals surface area contributed by atoms with Gasteiger partial charge in [-0.15, -0.1) is 0 Å². The summed E-state index contributed by atoms with van der Waals surface area (Å²) in [6, 6.07) is 12.9. The number of hydrogen-bond donors (Lipinski definition) is 1. The number of piperidine rings is 1. The van der Waals surface area contributed by atoms with Crippen molar-refractivity contribution in [2.45, 2.75) is 78.9 Å². The van der Waals surface area contributed by atoms with Gasteiger partial charge in [-0.05, 0) is 91.3 Å². The Hall–Kier alpha value is -2.68. The molecule has 1 aromatic heterocycles. The predicted octanol–water partition coefficient (Wildman–Crippen LogP) is 8.03. The molecule has 0 unspecified atom stereocenters. The van der Waals surface area contributed by atoms with Crippen LogP contribution in [0.15, 0.2) is 36.4 Å². The second-order valence-corrected chi connectivity index (χ2v) is 15.8. The van der Waals surface area contributed by atoms with Crippen molar-refractivity contribution in [3.05, 3.63) is 80.1 Å². The van der Waals surface area contributed by atoms with Crippen molar-refractivity contribution >= 4 is 34.9 Å². The Morgan fingerprint density at radius 1 is 1.06 bits per heavy atom. The summed E-state index contributed by atoms with van der Waals surface area (Å²) < 4.78 is 5.62. The summed E-state index contributed by atoms with van der Waals surface area (Å²) in [6.07, 6.45) is 4.96. The Morgan fingerprint density at radius 2 is 1.81 bits per heavy atom. The summed E-state index contributed by atoms with van der Waals surface area (Å²) in [4.78, 5) is 24.5. The molecule has 2 saturated heterocycles. The first kappa shape index (κ1) is 35.2. The van der Waals surface area contributed by atoms with Gasteiger partial charge in [0, 0.05) is 75.2 Å². The number of nitrogens with zero attached hydrogens (tertiary/aromatic N) is 4. The van der Waals surface area contributed by atoms with Crippen molar-refractivity contribution in [3.63, 3.8) is 0 Å². The molecule has 9 heteroatoms. The maximum absolute atomic E-state index is 12.2. The minimum Gasteiger partial charge on any atom is -0.481 e. The highest BCUT2D eigenvalue weighted by Crippen LogP contribution is 2.44. The topological polar surface area (TPSA) is 69.1 Å². The van der Waals surface area contributed by atoms with Crippen LogP contribution in [0.4, 0.5) is 5.69 Å². The predicted molar refractivity (Wildman–Crippen MR) is 195 cm³/mol. The number of rotatable bonds is 10. The molecule has 3 aromatic rings. The van der Waals surface area contributed by atoms with E-state index >= 15 is 0 Å². The molecule has 4 heterocycles. The number of benzene rings is 2. The first-order valence-corrected chi connectivity index (χ1v) is 18.3. The van der Waals surface area contributed by atoms with E-state index in [1.165, 1.54) is 22.3 Å². The number of hydrogen-bond acceptors (Lipinski definition) is 6. The first-order chi connectivity index (χ1) is 23.0. The third kappa shape index (κ3) is 8.19. The van der Waals surface area contributed by atoms with Crippen LogP contribution < -0.4 is 4.90 Å². The highest BCUT2D eigenvalue weighted by Gasteiger charge is 2.32. The van der Waals surface area contributed by atoms with Crippen molar-refractivity contribution in [2.75, 3.05) is 51.3 Å². The van der Waals surface area contributed by atoms with Crippen molar-refractivity contribution < 1.29 is 14.6 Å². The van der Waals surface area contributed by atoms with Gasteiger partial charge < -0.3 is 19.6 Å². The van der Waals surface area contributed by atoms with Crippen LogP contribution in [0.5, 0.6) is 0 Å². The minimum atomic E-state index is -0.896. The SMILES string of the molecule is Cc1cccc(Cl)c1CN1CCc2cc(-c3c(CN(C)CC4CCOCC4)nc(Cl)c(CC(=O)O)c3N3CCC(C)(C)CC3)ccc2C1.